The molecule has 0 fully saturated rings. The third-order valence-electron chi connectivity index (χ3n) is 3.19. The summed E-state index contributed by atoms with van der Waals surface area (Å²) in [5.74, 6) is -1.23. The van der Waals surface area contributed by atoms with Gasteiger partial charge >= 0.3 is 0 Å². The molecule has 3 rings (SSSR count). The van der Waals surface area contributed by atoms with Gasteiger partial charge < -0.3 is 9.90 Å². The molecule has 110 valence electrons. The summed E-state index contributed by atoms with van der Waals surface area (Å²) in [6.07, 6.45) is 0. The molecule has 0 saturated heterocycles. The van der Waals surface area contributed by atoms with Crippen LogP contribution in [0.5, 0.6) is 0 Å². The maximum absolute atomic E-state index is 11.5. The minimum absolute atomic E-state index is 0.116. The predicted molar refractivity (Wildman–Crippen MR) is 94.6 cm³/mol. The number of hydrogen-bond acceptors (Lipinski definition) is 3. The van der Waals surface area contributed by atoms with Gasteiger partial charge in [-0.1, -0.05) is 44.0 Å². The number of aromatic nitrogens is 1. The van der Waals surface area contributed by atoms with Crippen LogP contribution < -0.4 is 5.11 Å². The van der Waals surface area contributed by atoms with Crippen molar-refractivity contribution >= 4 is 64.7 Å². The molecule has 0 aliphatic carbocycles. The van der Waals surface area contributed by atoms with Gasteiger partial charge in [0.1, 0.15) is 0 Å². The molecule has 6 heteroatoms. The van der Waals surface area contributed by atoms with E-state index in [-0.39, 0.29) is 5.56 Å². The number of aromatic carboxylic acids is 1. The highest BCUT2D eigenvalue weighted by Gasteiger charge is 2.12. The standard InChI is InChI=1S/C16H8Br3NO2/c17-9-3-1-8(2-4-9)14-7-12(16(21)22)11-5-10(18)6-13(19)15(11)20-14/h1-7H,(H,21,22)/p-1. The van der Waals surface area contributed by atoms with Crippen LogP contribution in [-0.2, 0) is 0 Å². The Morgan fingerprint density at radius 1 is 0.955 bits per heavy atom. The maximum Gasteiger partial charge on any atom is 0.0858 e. The molecule has 0 N–H and O–H groups in total. The second-order valence-corrected chi connectivity index (χ2v) is 7.32. The van der Waals surface area contributed by atoms with Crippen LogP contribution in [-0.4, -0.2) is 11.0 Å². The van der Waals surface area contributed by atoms with Crippen molar-refractivity contribution < 1.29 is 9.90 Å². The molecular weight excluding hydrogens is 478 g/mol. The number of halogens is 3. The Morgan fingerprint density at radius 3 is 2.27 bits per heavy atom. The first-order chi connectivity index (χ1) is 10.5. The highest BCUT2D eigenvalue weighted by atomic mass is 79.9. The molecule has 2 aromatic carbocycles. The fourth-order valence-electron chi connectivity index (χ4n) is 2.19. The van der Waals surface area contributed by atoms with Crippen LogP contribution in [0.3, 0.4) is 0 Å². The van der Waals surface area contributed by atoms with E-state index in [0.717, 1.165) is 19.0 Å². The lowest BCUT2D eigenvalue weighted by molar-refractivity contribution is -0.254. The van der Waals surface area contributed by atoms with E-state index in [1.54, 1.807) is 12.1 Å². The molecule has 22 heavy (non-hydrogen) atoms. The van der Waals surface area contributed by atoms with E-state index in [1.165, 1.54) is 0 Å². The molecule has 0 unspecified atom stereocenters. The smallest absolute Gasteiger partial charge is 0.0858 e. The van der Waals surface area contributed by atoms with Gasteiger partial charge in [-0.05, 0) is 46.3 Å². The first kappa shape index (κ1) is 15.6. The van der Waals surface area contributed by atoms with E-state index in [0.29, 0.717) is 16.6 Å². The number of carbonyl (C=O) groups is 1. The van der Waals surface area contributed by atoms with Crippen LogP contribution in [0.4, 0.5) is 0 Å². The lowest BCUT2D eigenvalue weighted by atomic mass is 10.0. The molecule has 1 heterocycles. The lowest BCUT2D eigenvalue weighted by Gasteiger charge is -2.12. The van der Waals surface area contributed by atoms with Gasteiger partial charge in [0.25, 0.3) is 0 Å². The van der Waals surface area contributed by atoms with Crippen LogP contribution in [0.25, 0.3) is 22.2 Å². The largest absolute Gasteiger partial charge is 0.545 e. The zero-order chi connectivity index (χ0) is 15.9. The Labute approximate surface area is 151 Å². The molecule has 0 aliphatic heterocycles. The molecule has 0 bridgehead atoms. The second-order valence-electron chi connectivity index (χ2n) is 4.63. The van der Waals surface area contributed by atoms with Crippen molar-refractivity contribution in [2.45, 2.75) is 0 Å². The summed E-state index contributed by atoms with van der Waals surface area (Å²) in [5, 5.41) is 12.0. The summed E-state index contributed by atoms with van der Waals surface area (Å²) in [5.41, 5.74) is 2.12. The van der Waals surface area contributed by atoms with Crippen LogP contribution in [0, 0.1) is 0 Å². The lowest BCUT2D eigenvalue weighted by Crippen LogP contribution is -2.22. The summed E-state index contributed by atoms with van der Waals surface area (Å²) in [4.78, 5) is 16.1. The summed E-state index contributed by atoms with van der Waals surface area (Å²) in [6.45, 7) is 0. The van der Waals surface area contributed by atoms with E-state index < -0.39 is 5.97 Å². The molecule has 3 nitrogen and oxygen atoms in total. The van der Waals surface area contributed by atoms with Gasteiger partial charge in [0.05, 0.1) is 17.2 Å². The molecule has 0 atom stereocenters. The Morgan fingerprint density at radius 2 is 1.64 bits per heavy atom. The second kappa shape index (κ2) is 6.10. The first-order valence-electron chi connectivity index (χ1n) is 6.23. The van der Waals surface area contributed by atoms with Gasteiger partial charge in [-0.3, -0.25) is 0 Å². The zero-order valence-electron chi connectivity index (χ0n) is 10.9. The molecule has 0 radical (unpaired) electrons. The fourth-order valence-corrected chi connectivity index (χ4v) is 3.77. The van der Waals surface area contributed by atoms with Gasteiger partial charge in [0, 0.05) is 29.9 Å². The minimum atomic E-state index is -1.23. The number of carbonyl (C=O) groups excluding carboxylic acids is 1. The number of benzene rings is 2. The molecule has 0 amide bonds. The normalized spacial score (nSPS) is 10.9. The third-order valence-corrected chi connectivity index (χ3v) is 4.78. The molecule has 3 aromatic rings. The summed E-state index contributed by atoms with van der Waals surface area (Å²) in [6, 6.07) is 12.6. The quantitative estimate of drug-likeness (QED) is 0.536. The summed E-state index contributed by atoms with van der Waals surface area (Å²) >= 11 is 10.2. The Bertz CT molecular complexity index is 892. The summed E-state index contributed by atoms with van der Waals surface area (Å²) in [7, 11) is 0. The van der Waals surface area contributed by atoms with Crippen molar-refractivity contribution in [3.8, 4) is 11.3 Å². The Kier molecular flexibility index (Phi) is 4.34. The highest BCUT2D eigenvalue weighted by molar-refractivity contribution is 9.11. The van der Waals surface area contributed by atoms with Crippen molar-refractivity contribution in [3.05, 3.63) is 61.4 Å². The minimum Gasteiger partial charge on any atom is -0.545 e. The molecular formula is C16H7Br3NO2-. The number of fused-ring (bicyclic) bond motifs is 1. The Hall–Kier alpha value is -1.24. The van der Waals surface area contributed by atoms with Crippen molar-refractivity contribution in [1.82, 2.24) is 4.98 Å². The van der Waals surface area contributed by atoms with Crippen LogP contribution in [0.1, 0.15) is 10.4 Å². The van der Waals surface area contributed by atoms with Crippen molar-refractivity contribution in [2.24, 2.45) is 0 Å². The fraction of sp³-hybridized carbons (Fsp3) is 0. The monoisotopic (exact) mass is 482 g/mol. The van der Waals surface area contributed by atoms with Crippen LogP contribution >= 0.6 is 47.8 Å². The third kappa shape index (κ3) is 2.95. The number of hydrogen-bond donors (Lipinski definition) is 0. The topological polar surface area (TPSA) is 53.0 Å². The number of carboxylic acids is 1. The van der Waals surface area contributed by atoms with Crippen molar-refractivity contribution in [3.63, 3.8) is 0 Å². The number of carboxylic acid groups (broad SMARTS) is 1. The molecule has 1 aromatic heterocycles. The first-order valence-corrected chi connectivity index (χ1v) is 8.60. The van der Waals surface area contributed by atoms with E-state index in [2.05, 4.69) is 52.8 Å². The van der Waals surface area contributed by atoms with Crippen molar-refractivity contribution in [1.29, 1.82) is 0 Å². The van der Waals surface area contributed by atoms with E-state index >= 15 is 0 Å². The van der Waals surface area contributed by atoms with Gasteiger partial charge in [0.15, 0.2) is 0 Å². The molecule has 0 spiro atoms. The molecule has 0 saturated carbocycles. The number of pyridine rings is 1. The van der Waals surface area contributed by atoms with Gasteiger partial charge in [-0.25, -0.2) is 4.98 Å². The number of rotatable bonds is 2. The predicted octanol–water partition coefficient (Wildman–Crippen LogP) is 4.55. The van der Waals surface area contributed by atoms with Gasteiger partial charge in [-0.2, -0.15) is 0 Å². The van der Waals surface area contributed by atoms with E-state index in [9.17, 15) is 9.90 Å². The van der Waals surface area contributed by atoms with Crippen LogP contribution in [0.2, 0.25) is 0 Å². The average Bonchev–Trinajstić information content (AvgIpc) is 2.47. The van der Waals surface area contributed by atoms with E-state index in [1.807, 2.05) is 30.3 Å². The van der Waals surface area contributed by atoms with Crippen LogP contribution in [0.15, 0.2) is 55.9 Å². The highest BCUT2D eigenvalue weighted by Crippen LogP contribution is 2.32. The van der Waals surface area contributed by atoms with Gasteiger partial charge in [0.2, 0.25) is 0 Å². The number of nitrogens with zero attached hydrogens (tertiary/aromatic N) is 1. The zero-order valence-corrected chi connectivity index (χ0v) is 15.7. The maximum atomic E-state index is 11.5. The van der Waals surface area contributed by atoms with E-state index in [4.69, 9.17) is 0 Å². The summed E-state index contributed by atoms with van der Waals surface area (Å²) < 4.78 is 2.44. The SMILES string of the molecule is O=C([O-])c1cc(-c2ccc(Br)cc2)nc2c(Br)cc(Br)cc12. The average molecular weight is 485 g/mol. The Balaban J connectivity index is 2.34. The van der Waals surface area contributed by atoms with Crippen molar-refractivity contribution in [2.75, 3.05) is 0 Å². The molecule has 0 aliphatic rings. The van der Waals surface area contributed by atoms with Gasteiger partial charge in [-0.15, -0.1) is 0 Å².